The summed E-state index contributed by atoms with van der Waals surface area (Å²) in [5.74, 6) is 0.778. The first-order chi connectivity index (χ1) is 8.49. The van der Waals surface area contributed by atoms with Gasteiger partial charge in [0.1, 0.15) is 0 Å². The fourth-order valence-corrected chi connectivity index (χ4v) is 3.63. The van der Waals surface area contributed by atoms with Crippen LogP contribution in [0.3, 0.4) is 0 Å². The van der Waals surface area contributed by atoms with Gasteiger partial charge in [-0.3, -0.25) is 0 Å². The average molecular weight is 277 g/mol. The molecule has 0 radical (unpaired) electrons. The predicted molar refractivity (Wildman–Crippen MR) is 74.4 cm³/mol. The van der Waals surface area contributed by atoms with E-state index in [9.17, 15) is 8.42 Å². The summed E-state index contributed by atoms with van der Waals surface area (Å²) >= 11 is 0. The lowest BCUT2D eigenvalue weighted by molar-refractivity contribution is 0.302. The van der Waals surface area contributed by atoms with Crippen LogP contribution in [0.4, 0.5) is 0 Å². The molecule has 0 spiro atoms. The molecule has 1 aliphatic rings. The Morgan fingerprint density at radius 1 is 1.28 bits per heavy atom. The van der Waals surface area contributed by atoms with E-state index >= 15 is 0 Å². The van der Waals surface area contributed by atoms with Crippen molar-refractivity contribution in [3.63, 3.8) is 0 Å². The number of rotatable bonds is 7. The van der Waals surface area contributed by atoms with Crippen LogP contribution in [0.1, 0.15) is 45.4 Å². The van der Waals surface area contributed by atoms with Gasteiger partial charge in [-0.05, 0) is 44.6 Å². The summed E-state index contributed by atoms with van der Waals surface area (Å²) in [4.78, 5) is 0. The molecule has 1 fully saturated rings. The minimum atomic E-state index is -3.33. The third-order valence-electron chi connectivity index (χ3n) is 3.83. The molecule has 0 amide bonds. The van der Waals surface area contributed by atoms with Gasteiger partial charge in [-0.15, -0.1) is 0 Å². The highest BCUT2D eigenvalue weighted by Gasteiger charge is 2.25. The van der Waals surface area contributed by atoms with E-state index in [4.69, 9.17) is 5.73 Å². The zero-order valence-corrected chi connectivity index (χ0v) is 12.4. The minimum absolute atomic E-state index is 0.109. The van der Waals surface area contributed by atoms with Gasteiger partial charge in [0.25, 0.3) is 10.2 Å². The summed E-state index contributed by atoms with van der Waals surface area (Å²) in [7, 11) is -1.72. The summed E-state index contributed by atoms with van der Waals surface area (Å²) in [6.45, 7) is 3.20. The molecule has 0 heterocycles. The molecule has 0 saturated heterocycles. The second-order valence-electron chi connectivity index (χ2n) is 5.21. The Morgan fingerprint density at radius 3 is 2.39 bits per heavy atom. The molecule has 0 aromatic rings. The van der Waals surface area contributed by atoms with Crippen LogP contribution in [0.2, 0.25) is 0 Å². The van der Waals surface area contributed by atoms with Crippen molar-refractivity contribution in [1.29, 1.82) is 0 Å². The van der Waals surface area contributed by atoms with Gasteiger partial charge in [0.2, 0.25) is 0 Å². The highest BCUT2D eigenvalue weighted by molar-refractivity contribution is 7.87. The van der Waals surface area contributed by atoms with E-state index in [-0.39, 0.29) is 6.04 Å². The molecule has 0 bridgehead atoms. The second kappa shape index (κ2) is 7.43. The molecule has 3 N–H and O–H groups in total. The lowest BCUT2D eigenvalue weighted by atomic mass is 9.85. The topological polar surface area (TPSA) is 75.4 Å². The van der Waals surface area contributed by atoms with Crippen molar-refractivity contribution >= 4 is 10.2 Å². The van der Waals surface area contributed by atoms with Crippen molar-refractivity contribution < 1.29 is 8.42 Å². The first kappa shape index (κ1) is 15.9. The zero-order valence-electron chi connectivity index (χ0n) is 11.6. The Bertz CT molecular complexity index is 324. The number of nitrogens with one attached hydrogen (secondary N) is 1. The average Bonchev–Trinajstić information content (AvgIpc) is 2.36. The third-order valence-corrected chi connectivity index (χ3v) is 5.46. The fourth-order valence-electron chi connectivity index (χ4n) is 2.42. The van der Waals surface area contributed by atoms with E-state index in [1.165, 1.54) is 10.7 Å². The molecular formula is C12H27N3O2S. The predicted octanol–water partition coefficient (Wildman–Crippen LogP) is 1.07. The quantitative estimate of drug-likeness (QED) is 0.731. The number of nitrogens with zero attached hydrogens (tertiary/aromatic N) is 1. The molecule has 18 heavy (non-hydrogen) atoms. The zero-order chi connectivity index (χ0) is 13.6. The Balaban J connectivity index is 2.41. The smallest absolute Gasteiger partial charge is 0.279 e. The summed E-state index contributed by atoms with van der Waals surface area (Å²) in [5, 5.41) is 0. The van der Waals surface area contributed by atoms with Crippen molar-refractivity contribution in [2.75, 3.05) is 20.1 Å². The van der Waals surface area contributed by atoms with E-state index in [1.54, 1.807) is 7.05 Å². The monoisotopic (exact) mass is 277 g/mol. The molecule has 5 nitrogen and oxygen atoms in total. The minimum Gasteiger partial charge on any atom is -0.330 e. The standard InChI is InChI=1S/C12H27N3O2S/c1-3-11-5-7-12(8-6-11)14-18(16,17)15(2)10-4-9-13/h11-12,14H,3-10,13H2,1-2H3. The van der Waals surface area contributed by atoms with Crippen LogP contribution in [0.25, 0.3) is 0 Å². The summed E-state index contributed by atoms with van der Waals surface area (Å²) in [6, 6.07) is 0.109. The molecule has 6 heteroatoms. The van der Waals surface area contributed by atoms with Gasteiger partial charge in [0.05, 0.1) is 0 Å². The Hall–Kier alpha value is -0.170. The van der Waals surface area contributed by atoms with Crippen LogP contribution >= 0.6 is 0 Å². The highest BCUT2D eigenvalue weighted by Crippen LogP contribution is 2.26. The van der Waals surface area contributed by atoms with Gasteiger partial charge in [-0.2, -0.15) is 17.4 Å². The SMILES string of the molecule is CCC1CCC(NS(=O)(=O)N(C)CCCN)CC1. The van der Waals surface area contributed by atoms with Crippen LogP contribution in [-0.2, 0) is 10.2 Å². The normalized spacial score (nSPS) is 25.6. The van der Waals surface area contributed by atoms with Gasteiger partial charge in [-0.25, -0.2) is 0 Å². The molecule has 1 aliphatic carbocycles. The largest absolute Gasteiger partial charge is 0.330 e. The van der Waals surface area contributed by atoms with Gasteiger partial charge >= 0.3 is 0 Å². The van der Waals surface area contributed by atoms with Crippen molar-refractivity contribution in [3.05, 3.63) is 0 Å². The summed E-state index contributed by atoms with van der Waals surface area (Å²) < 4.78 is 28.2. The summed E-state index contributed by atoms with van der Waals surface area (Å²) in [6.07, 6.45) is 6.09. The van der Waals surface area contributed by atoms with Crippen LogP contribution in [0.15, 0.2) is 0 Å². The van der Waals surface area contributed by atoms with E-state index < -0.39 is 10.2 Å². The molecule has 0 unspecified atom stereocenters. The second-order valence-corrected chi connectivity index (χ2v) is 7.02. The van der Waals surface area contributed by atoms with Gasteiger partial charge in [0, 0.05) is 19.6 Å². The maximum atomic E-state index is 12.0. The number of nitrogens with two attached hydrogens (primary N) is 1. The van der Waals surface area contributed by atoms with E-state index in [2.05, 4.69) is 11.6 Å². The van der Waals surface area contributed by atoms with E-state index in [1.807, 2.05) is 0 Å². The van der Waals surface area contributed by atoms with Crippen LogP contribution in [0, 0.1) is 5.92 Å². The van der Waals surface area contributed by atoms with Gasteiger partial charge in [-0.1, -0.05) is 13.3 Å². The fraction of sp³-hybridized carbons (Fsp3) is 1.00. The van der Waals surface area contributed by atoms with Gasteiger partial charge < -0.3 is 5.73 Å². The molecule has 0 atom stereocenters. The van der Waals surface area contributed by atoms with E-state index in [0.717, 1.165) is 31.6 Å². The molecule has 1 rings (SSSR count). The molecule has 0 aliphatic heterocycles. The van der Waals surface area contributed by atoms with Crippen LogP contribution < -0.4 is 10.5 Å². The molecule has 0 aromatic heterocycles. The first-order valence-corrected chi connectivity index (χ1v) is 8.37. The Labute approximate surface area is 111 Å². The molecule has 108 valence electrons. The molecule has 0 aromatic carbocycles. The van der Waals surface area contributed by atoms with Crippen molar-refractivity contribution in [2.45, 2.75) is 51.5 Å². The lowest BCUT2D eigenvalue weighted by Gasteiger charge is -2.29. The maximum Gasteiger partial charge on any atom is 0.279 e. The molecule has 1 saturated carbocycles. The Kier molecular flexibility index (Phi) is 6.55. The van der Waals surface area contributed by atoms with Crippen molar-refractivity contribution in [1.82, 2.24) is 9.03 Å². The van der Waals surface area contributed by atoms with Crippen molar-refractivity contribution in [3.8, 4) is 0 Å². The molecular weight excluding hydrogens is 250 g/mol. The number of hydrogen-bond acceptors (Lipinski definition) is 3. The lowest BCUT2D eigenvalue weighted by Crippen LogP contribution is -2.45. The third kappa shape index (κ3) is 4.84. The van der Waals surface area contributed by atoms with Gasteiger partial charge in [0.15, 0.2) is 0 Å². The number of hydrogen-bond donors (Lipinski definition) is 2. The van der Waals surface area contributed by atoms with Crippen molar-refractivity contribution in [2.24, 2.45) is 11.7 Å². The van der Waals surface area contributed by atoms with E-state index in [0.29, 0.717) is 19.5 Å². The maximum absolute atomic E-state index is 12.0. The van der Waals surface area contributed by atoms with Crippen LogP contribution in [0.5, 0.6) is 0 Å². The van der Waals surface area contributed by atoms with Crippen LogP contribution in [-0.4, -0.2) is 38.9 Å². The highest BCUT2D eigenvalue weighted by atomic mass is 32.2. The summed E-state index contributed by atoms with van der Waals surface area (Å²) in [5.41, 5.74) is 5.39. The Morgan fingerprint density at radius 2 is 1.89 bits per heavy atom. The first-order valence-electron chi connectivity index (χ1n) is 6.93.